The monoisotopic (exact) mass is 323 g/mol. The summed E-state index contributed by atoms with van der Waals surface area (Å²) >= 11 is 0.731. The molecule has 1 heterocycles. The van der Waals surface area contributed by atoms with Crippen LogP contribution in [-0.2, 0) is 10.0 Å². The van der Waals surface area contributed by atoms with E-state index in [1.54, 1.807) is 12.1 Å². The van der Waals surface area contributed by atoms with Crippen molar-refractivity contribution in [2.75, 3.05) is 11.4 Å². The number of benzene rings is 1. The number of sulfonamides is 1. The van der Waals surface area contributed by atoms with Crippen LogP contribution in [0.4, 0.5) is 5.69 Å². The lowest BCUT2D eigenvalue weighted by Gasteiger charge is -2.18. The van der Waals surface area contributed by atoms with Crippen LogP contribution in [0.15, 0.2) is 34.0 Å². The Kier molecular flexibility index (Phi) is 3.93. The van der Waals surface area contributed by atoms with E-state index in [0.29, 0.717) is 5.56 Å². The summed E-state index contributed by atoms with van der Waals surface area (Å²) in [6, 6.07) is 7.92. The molecule has 0 spiro atoms. The van der Waals surface area contributed by atoms with Gasteiger partial charge in [-0.2, -0.15) is 5.26 Å². The van der Waals surface area contributed by atoms with Crippen LogP contribution in [0.1, 0.15) is 16.1 Å². The topological polar surface area (TPSA) is 111 Å². The third-order valence-corrected chi connectivity index (χ3v) is 5.80. The Morgan fingerprint density at radius 2 is 2.19 bits per heavy atom. The van der Waals surface area contributed by atoms with E-state index in [-0.39, 0.29) is 9.90 Å². The third-order valence-electron chi connectivity index (χ3n) is 2.67. The lowest BCUT2D eigenvalue weighted by molar-refractivity contribution is 0.0687. The molecule has 0 aliphatic rings. The SMILES string of the molecule is CN(c1cccc(C#N)c1)S(=O)(=O)c1scnc1C(=O)O. The molecule has 0 radical (unpaired) electrons. The number of nitrogens with zero attached hydrogens (tertiary/aromatic N) is 3. The molecular weight excluding hydrogens is 314 g/mol. The number of hydrogen-bond acceptors (Lipinski definition) is 6. The molecule has 0 saturated heterocycles. The van der Waals surface area contributed by atoms with Gasteiger partial charge >= 0.3 is 5.97 Å². The van der Waals surface area contributed by atoms with Gasteiger partial charge in [0.05, 0.1) is 22.8 Å². The second kappa shape index (κ2) is 5.51. The molecule has 0 amide bonds. The molecule has 1 aromatic heterocycles. The first kappa shape index (κ1) is 15.0. The van der Waals surface area contributed by atoms with Crippen molar-refractivity contribution in [2.24, 2.45) is 0 Å². The predicted octanol–water partition coefficient (Wildman–Crippen LogP) is 1.54. The Morgan fingerprint density at radius 3 is 2.81 bits per heavy atom. The molecule has 1 N–H and O–H groups in total. The minimum absolute atomic E-state index is 0.263. The summed E-state index contributed by atoms with van der Waals surface area (Å²) in [5.41, 5.74) is 1.22. The first-order valence-corrected chi connectivity index (χ1v) is 7.85. The molecule has 2 rings (SSSR count). The summed E-state index contributed by atoms with van der Waals surface area (Å²) in [6.07, 6.45) is 0. The van der Waals surface area contributed by atoms with E-state index < -0.39 is 21.7 Å². The molecule has 0 fully saturated rings. The van der Waals surface area contributed by atoms with Gasteiger partial charge in [0.15, 0.2) is 9.90 Å². The van der Waals surface area contributed by atoms with Crippen LogP contribution in [0.5, 0.6) is 0 Å². The number of thiazole rings is 1. The van der Waals surface area contributed by atoms with Gasteiger partial charge in [-0.1, -0.05) is 6.07 Å². The summed E-state index contributed by atoms with van der Waals surface area (Å²) in [7, 11) is -2.76. The van der Waals surface area contributed by atoms with Crippen molar-refractivity contribution < 1.29 is 18.3 Å². The number of rotatable bonds is 4. The summed E-state index contributed by atoms with van der Waals surface area (Å²) < 4.78 is 25.5. The predicted molar refractivity (Wildman–Crippen MR) is 75.8 cm³/mol. The molecule has 7 nitrogen and oxygen atoms in total. The highest BCUT2D eigenvalue weighted by atomic mass is 32.2. The van der Waals surface area contributed by atoms with E-state index in [1.807, 2.05) is 6.07 Å². The first-order chi connectivity index (χ1) is 9.87. The van der Waals surface area contributed by atoms with E-state index >= 15 is 0 Å². The Bertz CT molecular complexity index is 836. The molecule has 0 unspecified atom stereocenters. The van der Waals surface area contributed by atoms with Crippen LogP contribution in [0.2, 0.25) is 0 Å². The van der Waals surface area contributed by atoms with Gasteiger partial charge < -0.3 is 5.11 Å². The highest BCUT2D eigenvalue weighted by Gasteiger charge is 2.29. The fraction of sp³-hybridized carbons (Fsp3) is 0.0833. The number of anilines is 1. The zero-order valence-corrected chi connectivity index (χ0v) is 12.3. The smallest absolute Gasteiger partial charge is 0.356 e. The minimum atomic E-state index is -4.05. The van der Waals surface area contributed by atoms with Gasteiger partial charge in [0.1, 0.15) is 0 Å². The van der Waals surface area contributed by atoms with Crippen LogP contribution in [0.25, 0.3) is 0 Å². The zero-order valence-electron chi connectivity index (χ0n) is 10.7. The maximum atomic E-state index is 12.5. The molecule has 0 aliphatic carbocycles. The fourth-order valence-corrected chi connectivity index (χ4v) is 4.08. The largest absolute Gasteiger partial charge is 0.476 e. The van der Waals surface area contributed by atoms with Gasteiger partial charge in [-0.15, -0.1) is 11.3 Å². The van der Waals surface area contributed by atoms with Gasteiger partial charge in [-0.05, 0) is 18.2 Å². The summed E-state index contributed by atoms with van der Waals surface area (Å²) in [5.74, 6) is -1.41. The molecule has 2 aromatic rings. The summed E-state index contributed by atoms with van der Waals surface area (Å²) in [5, 5.41) is 17.8. The second-order valence-electron chi connectivity index (χ2n) is 3.93. The van der Waals surface area contributed by atoms with Crippen LogP contribution in [0.3, 0.4) is 0 Å². The van der Waals surface area contributed by atoms with Crippen LogP contribution < -0.4 is 4.31 Å². The van der Waals surface area contributed by atoms with Crippen molar-refractivity contribution in [1.82, 2.24) is 4.98 Å². The van der Waals surface area contributed by atoms with E-state index in [0.717, 1.165) is 21.2 Å². The van der Waals surface area contributed by atoms with Crippen LogP contribution >= 0.6 is 11.3 Å². The van der Waals surface area contributed by atoms with Crippen molar-refractivity contribution >= 4 is 33.0 Å². The quantitative estimate of drug-likeness (QED) is 0.913. The van der Waals surface area contributed by atoms with Crippen molar-refractivity contribution in [3.8, 4) is 6.07 Å². The number of hydrogen-bond donors (Lipinski definition) is 1. The number of aromatic nitrogens is 1. The van der Waals surface area contributed by atoms with Gasteiger partial charge in [-0.25, -0.2) is 18.2 Å². The Balaban J connectivity index is 2.50. The maximum absolute atomic E-state index is 12.5. The zero-order chi connectivity index (χ0) is 15.6. The number of carboxylic acids is 1. The molecule has 108 valence electrons. The van der Waals surface area contributed by atoms with Crippen molar-refractivity contribution in [3.63, 3.8) is 0 Å². The van der Waals surface area contributed by atoms with Crippen LogP contribution in [-0.4, -0.2) is 31.5 Å². The highest BCUT2D eigenvalue weighted by Crippen LogP contribution is 2.27. The molecule has 0 saturated carbocycles. The average Bonchev–Trinajstić information content (AvgIpc) is 2.97. The van der Waals surface area contributed by atoms with Gasteiger partial charge in [0.2, 0.25) is 0 Å². The van der Waals surface area contributed by atoms with Gasteiger partial charge in [-0.3, -0.25) is 4.31 Å². The Labute approximate surface area is 124 Å². The average molecular weight is 323 g/mol. The Hall–Kier alpha value is -2.44. The first-order valence-electron chi connectivity index (χ1n) is 5.54. The molecule has 1 aromatic carbocycles. The fourth-order valence-electron chi connectivity index (χ4n) is 1.60. The normalized spacial score (nSPS) is 10.9. The molecule has 9 heteroatoms. The van der Waals surface area contributed by atoms with Crippen LogP contribution in [0, 0.1) is 11.3 Å². The van der Waals surface area contributed by atoms with Gasteiger partial charge in [0.25, 0.3) is 10.0 Å². The maximum Gasteiger partial charge on any atom is 0.356 e. The molecule has 21 heavy (non-hydrogen) atoms. The third kappa shape index (κ3) is 2.72. The number of carboxylic acid groups (broad SMARTS) is 1. The molecular formula is C12H9N3O4S2. The van der Waals surface area contributed by atoms with Crippen molar-refractivity contribution in [1.29, 1.82) is 5.26 Å². The number of nitriles is 1. The number of aromatic carboxylic acids is 1. The van der Waals surface area contributed by atoms with Gasteiger partial charge in [0, 0.05) is 7.05 Å². The van der Waals surface area contributed by atoms with E-state index in [2.05, 4.69) is 4.98 Å². The van der Waals surface area contributed by atoms with E-state index in [9.17, 15) is 13.2 Å². The standard InChI is InChI=1S/C12H9N3O4S2/c1-15(9-4-2-3-8(5-9)6-13)21(18,19)12-10(11(16)17)14-7-20-12/h2-5,7H,1H3,(H,16,17). The number of carbonyl (C=O) groups is 1. The highest BCUT2D eigenvalue weighted by molar-refractivity contribution is 7.94. The van der Waals surface area contributed by atoms with Crippen molar-refractivity contribution in [3.05, 3.63) is 41.0 Å². The molecule has 0 atom stereocenters. The molecule has 0 bridgehead atoms. The minimum Gasteiger partial charge on any atom is -0.476 e. The second-order valence-corrected chi connectivity index (χ2v) is 6.95. The summed E-state index contributed by atoms with van der Waals surface area (Å²) in [6.45, 7) is 0. The van der Waals surface area contributed by atoms with Crippen molar-refractivity contribution in [2.45, 2.75) is 4.21 Å². The lowest BCUT2D eigenvalue weighted by Crippen LogP contribution is -2.27. The van der Waals surface area contributed by atoms with E-state index in [4.69, 9.17) is 10.4 Å². The Morgan fingerprint density at radius 1 is 1.48 bits per heavy atom. The lowest BCUT2D eigenvalue weighted by atomic mass is 10.2. The molecule has 0 aliphatic heterocycles. The summed E-state index contributed by atoms with van der Waals surface area (Å²) in [4.78, 5) is 14.6. The van der Waals surface area contributed by atoms with E-state index in [1.165, 1.54) is 19.2 Å².